The minimum absolute atomic E-state index is 0.0897. The molecular weight excluding hydrogens is 375 g/mol. The Morgan fingerprint density at radius 2 is 2.15 bits per heavy atom. The van der Waals surface area contributed by atoms with E-state index in [0.717, 1.165) is 36.0 Å². The van der Waals surface area contributed by atoms with Crippen molar-refractivity contribution in [3.63, 3.8) is 0 Å². The van der Waals surface area contributed by atoms with Crippen molar-refractivity contribution in [1.29, 1.82) is 0 Å². The molecule has 0 fully saturated rings. The van der Waals surface area contributed by atoms with E-state index >= 15 is 0 Å². The summed E-state index contributed by atoms with van der Waals surface area (Å²) in [5.41, 5.74) is 2.69. The molecule has 0 amide bonds. The highest BCUT2D eigenvalue weighted by Gasteiger charge is 2.44. The fourth-order valence-corrected chi connectivity index (χ4v) is 4.27. The molecule has 0 bridgehead atoms. The van der Waals surface area contributed by atoms with E-state index in [1.165, 1.54) is 0 Å². The van der Waals surface area contributed by atoms with Gasteiger partial charge in [0.2, 0.25) is 0 Å². The lowest BCUT2D eigenvalue weighted by molar-refractivity contribution is -0.144. The van der Waals surface area contributed by atoms with E-state index in [0.29, 0.717) is 17.2 Å². The zero-order valence-electron chi connectivity index (χ0n) is 14.4. The molecule has 0 N–H and O–H groups in total. The number of terminal acetylenes is 1. The van der Waals surface area contributed by atoms with E-state index in [9.17, 15) is 9.59 Å². The topological polar surface area (TPSA) is 52.6 Å². The zero-order chi connectivity index (χ0) is 18.9. The van der Waals surface area contributed by atoms with E-state index in [1.54, 1.807) is 12.1 Å². The molecular formula is C20H18Cl2O4. The Kier molecular flexibility index (Phi) is 5.32. The maximum absolute atomic E-state index is 12.0. The van der Waals surface area contributed by atoms with Gasteiger partial charge in [-0.1, -0.05) is 36.0 Å². The van der Waals surface area contributed by atoms with Crippen LogP contribution in [0.4, 0.5) is 0 Å². The number of ether oxygens (including phenoxy) is 2. The van der Waals surface area contributed by atoms with Gasteiger partial charge in [-0.15, -0.1) is 6.42 Å². The first kappa shape index (κ1) is 18.8. The molecule has 136 valence electrons. The maximum atomic E-state index is 12.0. The highest BCUT2D eigenvalue weighted by Crippen LogP contribution is 2.57. The first-order valence-electron chi connectivity index (χ1n) is 8.40. The molecule has 1 aromatic rings. The third-order valence-electron chi connectivity index (χ3n) is 5.12. The van der Waals surface area contributed by atoms with E-state index in [2.05, 4.69) is 12.8 Å². The van der Waals surface area contributed by atoms with Crippen LogP contribution in [0, 0.1) is 17.8 Å². The summed E-state index contributed by atoms with van der Waals surface area (Å²) in [5, 5.41) is 0.577. The molecule has 1 atom stereocenters. The van der Waals surface area contributed by atoms with Crippen LogP contribution in [0.3, 0.4) is 0 Å². The Hall–Kier alpha value is -1.96. The van der Waals surface area contributed by atoms with E-state index in [1.807, 2.05) is 0 Å². The third kappa shape index (κ3) is 3.22. The van der Waals surface area contributed by atoms with Crippen LogP contribution in [0.5, 0.6) is 5.75 Å². The number of hydrogen-bond acceptors (Lipinski definition) is 4. The number of fused-ring (bicyclic) bond motifs is 3. The van der Waals surface area contributed by atoms with Crippen molar-refractivity contribution in [2.75, 3.05) is 13.2 Å². The van der Waals surface area contributed by atoms with Gasteiger partial charge in [0.15, 0.2) is 19.0 Å². The lowest BCUT2D eigenvalue weighted by Gasteiger charge is -2.32. The monoisotopic (exact) mass is 392 g/mol. The van der Waals surface area contributed by atoms with Crippen LogP contribution in [0.25, 0.3) is 5.57 Å². The van der Waals surface area contributed by atoms with Crippen LogP contribution < -0.4 is 4.74 Å². The molecule has 6 heteroatoms. The summed E-state index contributed by atoms with van der Waals surface area (Å²) in [4.78, 5) is 23.5. The number of halogens is 2. The fourth-order valence-electron chi connectivity index (χ4n) is 3.75. The molecule has 1 unspecified atom stereocenters. The molecule has 1 aromatic carbocycles. The highest BCUT2D eigenvalue weighted by atomic mass is 35.5. The predicted molar refractivity (Wildman–Crippen MR) is 100 cm³/mol. The smallest absolute Gasteiger partial charge is 0.345 e. The van der Waals surface area contributed by atoms with Crippen LogP contribution in [0.15, 0.2) is 12.1 Å². The van der Waals surface area contributed by atoms with Crippen molar-refractivity contribution in [3.8, 4) is 18.1 Å². The number of carbonyl (C=O) groups excluding carboxylic acids is 2. The van der Waals surface area contributed by atoms with Crippen LogP contribution in [-0.4, -0.2) is 25.0 Å². The van der Waals surface area contributed by atoms with Crippen molar-refractivity contribution in [2.45, 2.75) is 32.6 Å². The molecule has 0 aromatic heterocycles. The fraction of sp³-hybridized carbons (Fsp3) is 0.400. The Morgan fingerprint density at radius 3 is 2.85 bits per heavy atom. The van der Waals surface area contributed by atoms with Gasteiger partial charge in [-0.05, 0) is 42.5 Å². The molecule has 2 aliphatic rings. The molecule has 26 heavy (non-hydrogen) atoms. The third-order valence-corrected chi connectivity index (χ3v) is 5.97. The minimum Gasteiger partial charge on any atom is -0.480 e. The molecule has 0 radical (unpaired) electrons. The van der Waals surface area contributed by atoms with Gasteiger partial charge in [0.1, 0.15) is 10.8 Å². The second-order valence-corrected chi connectivity index (χ2v) is 7.28. The van der Waals surface area contributed by atoms with Crippen LogP contribution >= 0.6 is 23.2 Å². The van der Waals surface area contributed by atoms with Crippen molar-refractivity contribution < 1.29 is 19.1 Å². The second kappa shape index (κ2) is 7.34. The summed E-state index contributed by atoms with van der Waals surface area (Å²) in [6.45, 7) is 1.70. The standard InChI is InChI=1S/C20H18Cl2O4/c1-3-7-25-16(24)11-26-15-8-12-10-20(4-2)6-5-13(23)9-14(20)17(12)19(22)18(15)21/h1,8-9H,4-7,10-11H2,2H3. The van der Waals surface area contributed by atoms with Gasteiger partial charge in [0.05, 0.1) is 5.02 Å². The number of benzene rings is 1. The van der Waals surface area contributed by atoms with E-state index in [-0.39, 0.29) is 29.4 Å². The predicted octanol–water partition coefficient (Wildman–Crippen LogP) is 4.25. The van der Waals surface area contributed by atoms with Crippen LogP contribution in [0.1, 0.15) is 37.3 Å². The number of esters is 1. The average molecular weight is 393 g/mol. The Bertz CT molecular complexity index is 850. The van der Waals surface area contributed by atoms with Crippen molar-refractivity contribution in [3.05, 3.63) is 33.3 Å². The summed E-state index contributed by atoms with van der Waals surface area (Å²) >= 11 is 12.9. The van der Waals surface area contributed by atoms with Gasteiger partial charge in [-0.25, -0.2) is 4.79 Å². The lowest BCUT2D eigenvalue weighted by atomic mass is 9.71. The molecule has 2 aliphatic carbocycles. The Balaban J connectivity index is 1.93. The van der Waals surface area contributed by atoms with Crippen LogP contribution in [-0.2, 0) is 20.7 Å². The molecule has 0 heterocycles. The molecule has 0 saturated heterocycles. The molecule has 0 spiro atoms. The van der Waals surface area contributed by atoms with Crippen molar-refractivity contribution in [1.82, 2.24) is 0 Å². The van der Waals surface area contributed by atoms with Gasteiger partial charge in [0, 0.05) is 17.4 Å². The summed E-state index contributed by atoms with van der Waals surface area (Å²) in [5.74, 6) is 2.07. The first-order chi connectivity index (χ1) is 12.4. The van der Waals surface area contributed by atoms with Gasteiger partial charge in [0.25, 0.3) is 0 Å². The Labute approximate surface area is 162 Å². The summed E-state index contributed by atoms with van der Waals surface area (Å²) in [6, 6.07) is 1.80. The first-order valence-corrected chi connectivity index (χ1v) is 9.15. The summed E-state index contributed by atoms with van der Waals surface area (Å²) in [7, 11) is 0. The normalized spacial score (nSPS) is 20.7. The van der Waals surface area contributed by atoms with E-state index in [4.69, 9.17) is 39.1 Å². The maximum Gasteiger partial charge on any atom is 0.345 e. The quantitative estimate of drug-likeness (QED) is 0.555. The van der Waals surface area contributed by atoms with Crippen LogP contribution in [0.2, 0.25) is 10.0 Å². The summed E-state index contributed by atoms with van der Waals surface area (Å²) in [6.07, 6.45) is 9.77. The van der Waals surface area contributed by atoms with Gasteiger partial charge >= 0.3 is 5.97 Å². The zero-order valence-corrected chi connectivity index (χ0v) is 15.9. The average Bonchev–Trinajstić information content (AvgIpc) is 2.95. The number of rotatable bonds is 5. The second-order valence-electron chi connectivity index (χ2n) is 6.53. The van der Waals surface area contributed by atoms with Gasteiger partial charge in [-0.2, -0.15) is 0 Å². The highest BCUT2D eigenvalue weighted by molar-refractivity contribution is 6.44. The number of carbonyl (C=O) groups is 2. The van der Waals surface area contributed by atoms with Crippen molar-refractivity contribution in [2.24, 2.45) is 5.41 Å². The summed E-state index contributed by atoms with van der Waals surface area (Å²) < 4.78 is 10.3. The SMILES string of the molecule is C#CCOC(=O)COc1cc2c(c(Cl)c1Cl)C1=CC(=O)CCC1(CC)C2. The number of ketones is 1. The molecule has 0 aliphatic heterocycles. The van der Waals surface area contributed by atoms with Gasteiger partial charge < -0.3 is 9.47 Å². The lowest BCUT2D eigenvalue weighted by Crippen LogP contribution is -2.24. The molecule has 3 rings (SSSR count). The van der Waals surface area contributed by atoms with E-state index < -0.39 is 5.97 Å². The Morgan fingerprint density at radius 1 is 1.38 bits per heavy atom. The van der Waals surface area contributed by atoms with Crippen molar-refractivity contribution >= 4 is 40.5 Å². The molecule has 4 nitrogen and oxygen atoms in total. The number of hydrogen-bond donors (Lipinski definition) is 0. The number of allylic oxidation sites excluding steroid dienone is 2. The molecule has 0 saturated carbocycles. The minimum atomic E-state index is -0.581. The largest absolute Gasteiger partial charge is 0.480 e. The van der Waals surface area contributed by atoms with Gasteiger partial charge in [-0.3, -0.25) is 4.79 Å².